The number of nitrogens with one attached hydrogen (secondary N) is 1. The summed E-state index contributed by atoms with van der Waals surface area (Å²) in [6.07, 6.45) is 2.69. The minimum absolute atomic E-state index is 0.217. The van der Waals surface area contributed by atoms with E-state index in [4.69, 9.17) is 0 Å². The van der Waals surface area contributed by atoms with Gasteiger partial charge in [0.2, 0.25) is 0 Å². The van der Waals surface area contributed by atoms with E-state index < -0.39 is 11.6 Å². The van der Waals surface area contributed by atoms with Gasteiger partial charge in [0.1, 0.15) is 5.69 Å². The van der Waals surface area contributed by atoms with Gasteiger partial charge in [-0.05, 0) is 40.5 Å². The first kappa shape index (κ1) is 14.7. The summed E-state index contributed by atoms with van der Waals surface area (Å²) in [7, 11) is 0. The zero-order valence-corrected chi connectivity index (χ0v) is 12.4. The fourth-order valence-electron chi connectivity index (χ4n) is 1.86. The molecule has 1 amide bonds. The molecular formula is C14H13BrF2N2O. The van der Waals surface area contributed by atoms with Crippen LogP contribution in [0.2, 0.25) is 0 Å². The number of aromatic nitrogens is 1. The van der Waals surface area contributed by atoms with Crippen molar-refractivity contribution in [3.63, 3.8) is 0 Å². The first-order valence-electron chi connectivity index (χ1n) is 6.13. The highest BCUT2D eigenvalue weighted by Gasteiger charge is 2.13. The van der Waals surface area contributed by atoms with E-state index in [0.29, 0.717) is 12.2 Å². The summed E-state index contributed by atoms with van der Waals surface area (Å²) in [6.45, 7) is 2.71. The number of aryl methyl sites for hydroxylation is 1. The molecule has 0 atom stereocenters. The van der Waals surface area contributed by atoms with Gasteiger partial charge >= 0.3 is 0 Å². The third-order valence-electron chi connectivity index (χ3n) is 2.74. The SMILES string of the molecule is CCCn1cc(Br)cc1C(=O)Nc1ccc(F)c(F)c1. The molecule has 2 aromatic rings. The standard InChI is InChI=1S/C14H13BrF2N2O/c1-2-5-19-8-9(15)6-13(19)14(20)18-10-3-4-11(16)12(17)7-10/h3-4,6-8H,2,5H2,1H3,(H,18,20). The molecule has 2 rings (SSSR count). The molecule has 0 aliphatic carbocycles. The van der Waals surface area contributed by atoms with E-state index in [1.807, 2.05) is 13.1 Å². The van der Waals surface area contributed by atoms with Crippen LogP contribution in [0.3, 0.4) is 0 Å². The summed E-state index contributed by atoms with van der Waals surface area (Å²) < 4.78 is 28.5. The Bertz CT molecular complexity index is 640. The number of halogens is 3. The topological polar surface area (TPSA) is 34.0 Å². The molecule has 1 aromatic carbocycles. The van der Waals surface area contributed by atoms with Crippen molar-refractivity contribution in [3.05, 3.63) is 52.3 Å². The highest BCUT2D eigenvalue weighted by atomic mass is 79.9. The third-order valence-corrected chi connectivity index (χ3v) is 3.17. The van der Waals surface area contributed by atoms with E-state index >= 15 is 0 Å². The number of carbonyl (C=O) groups excluding carboxylic acids is 1. The molecule has 0 aliphatic heterocycles. The fourth-order valence-corrected chi connectivity index (χ4v) is 2.32. The van der Waals surface area contributed by atoms with Crippen molar-refractivity contribution in [3.8, 4) is 0 Å². The van der Waals surface area contributed by atoms with Crippen molar-refractivity contribution < 1.29 is 13.6 Å². The molecule has 6 heteroatoms. The van der Waals surface area contributed by atoms with E-state index in [1.54, 1.807) is 10.6 Å². The average Bonchev–Trinajstić information content (AvgIpc) is 2.75. The molecule has 0 aliphatic rings. The number of hydrogen-bond donors (Lipinski definition) is 1. The molecule has 0 spiro atoms. The number of amides is 1. The second-order valence-electron chi connectivity index (χ2n) is 4.32. The molecule has 1 N–H and O–H groups in total. The Morgan fingerprint density at radius 3 is 2.70 bits per heavy atom. The lowest BCUT2D eigenvalue weighted by Gasteiger charge is -2.09. The van der Waals surface area contributed by atoms with Gasteiger partial charge in [-0.2, -0.15) is 0 Å². The molecule has 0 saturated carbocycles. The van der Waals surface area contributed by atoms with E-state index in [1.165, 1.54) is 6.07 Å². The first-order valence-corrected chi connectivity index (χ1v) is 6.92. The normalized spacial score (nSPS) is 10.6. The quantitative estimate of drug-likeness (QED) is 0.887. The zero-order valence-electron chi connectivity index (χ0n) is 10.8. The molecule has 106 valence electrons. The summed E-state index contributed by atoms with van der Waals surface area (Å²) in [5.74, 6) is -2.30. The monoisotopic (exact) mass is 342 g/mol. The number of carbonyl (C=O) groups is 1. The summed E-state index contributed by atoms with van der Waals surface area (Å²) in [6, 6.07) is 4.94. The van der Waals surface area contributed by atoms with Gasteiger partial charge in [-0.1, -0.05) is 6.92 Å². The fraction of sp³-hybridized carbons (Fsp3) is 0.214. The number of hydrogen-bond acceptors (Lipinski definition) is 1. The van der Waals surface area contributed by atoms with E-state index in [9.17, 15) is 13.6 Å². The minimum atomic E-state index is -0.993. The first-order chi connectivity index (χ1) is 9.51. The Hall–Kier alpha value is -1.69. The lowest BCUT2D eigenvalue weighted by molar-refractivity contribution is 0.101. The maximum Gasteiger partial charge on any atom is 0.272 e. The van der Waals surface area contributed by atoms with Gasteiger partial charge < -0.3 is 9.88 Å². The highest BCUT2D eigenvalue weighted by Crippen LogP contribution is 2.18. The van der Waals surface area contributed by atoms with Crippen LogP contribution >= 0.6 is 15.9 Å². The lowest BCUT2D eigenvalue weighted by Crippen LogP contribution is -2.17. The molecule has 20 heavy (non-hydrogen) atoms. The van der Waals surface area contributed by atoms with Crippen molar-refractivity contribution >= 4 is 27.5 Å². The van der Waals surface area contributed by atoms with Crippen molar-refractivity contribution in [2.45, 2.75) is 19.9 Å². The van der Waals surface area contributed by atoms with Crippen molar-refractivity contribution in [1.82, 2.24) is 4.57 Å². The number of anilines is 1. The number of benzene rings is 1. The summed E-state index contributed by atoms with van der Waals surface area (Å²) in [5.41, 5.74) is 0.678. The molecule has 0 saturated heterocycles. The Kier molecular flexibility index (Phi) is 4.54. The molecule has 3 nitrogen and oxygen atoms in total. The van der Waals surface area contributed by atoms with Crippen molar-refractivity contribution in [1.29, 1.82) is 0 Å². The smallest absolute Gasteiger partial charge is 0.272 e. The van der Waals surface area contributed by atoms with Crippen LogP contribution in [0.4, 0.5) is 14.5 Å². The van der Waals surface area contributed by atoms with Gasteiger partial charge in [0.25, 0.3) is 5.91 Å². The molecular weight excluding hydrogens is 330 g/mol. The zero-order chi connectivity index (χ0) is 14.7. The van der Waals surface area contributed by atoms with Crippen molar-refractivity contribution in [2.24, 2.45) is 0 Å². The Morgan fingerprint density at radius 2 is 2.05 bits per heavy atom. The van der Waals surface area contributed by atoms with Crippen LogP contribution < -0.4 is 5.32 Å². The average molecular weight is 343 g/mol. The van der Waals surface area contributed by atoms with Gasteiger partial charge in [0.15, 0.2) is 11.6 Å². The Labute approximate surface area is 123 Å². The van der Waals surface area contributed by atoms with Gasteiger partial charge in [-0.25, -0.2) is 8.78 Å². The van der Waals surface area contributed by atoms with Crippen LogP contribution in [-0.4, -0.2) is 10.5 Å². The van der Waals surface area contributed by atoms with E-state index in [-0.39, 0.29) is 11.6 Å². The van der Waals surface area contributed by atoms with E-state index in [0.717, 1.165) is 23.0 Å². The van der Waals surface area contributed by atoms with Crippen LogP contribution in [-0.2, 0) is 6.54 Å². The number of rotatable bonds is 4. The molecule has 1 aromatic heterocycles. The molecule has 1 heterocycles. The number of nitrogens with zero attached hydrogens (tertiary/aromatic N) is 1. The Balaban J connectivity index is 2.21. The van der Waals surface area contributed by atoms with Gasteiger partial charge in [-0.15, -0.1) is 0 Å². The lowest BCUT2D eigenvalue weighted by atomic mass is 10.3. The predicted octanol–water partition coefficient (Wildman–Crippen LogP) is 4.19. The summed E-state index contributed by atoms with van der Waals surface area (Å²) in [4.78, 5) is 12.2. The third kappa shape index (κ3) is 3.25. The van der Waals surface area contributed by atoms with Gasteiger partial charge in [0, 0.05) is 29.0 Å². The molecule has 0 unspecified atom stereocenters. The Morgan fingerprint density at radius 1 is 1.30 bits per heavy atom. The second-order valence-corrected chi connectivity index (χ2v) is 5.24. The van der Waals surface area contributed by atoms with Crippen LogP contribution in [0.1, 0.15) is 23.8 Å². The molecule has 0 fully saturated rings. The predicted molar refractivity (Wildman–Crippen MR) is 76.7 cm³/mol. The van der Waals surface area contributed by atoms with Gasteiger partial charge in [0.05, 0.1) is 0 Å². The van der Waals surface area contributed by atoms with E-state index in [2.05, 4.69) is 21.2 Å². The highest BCUT2D eigenvalue weighted by molar-refractivity contribution is 9.10. The second kappa shape index (κ2) is 6.17. The molecule has 0 radical (unpaired) electrons. The maximum absolute atomic E-state index is 13.1. The van der Waals surface area contributed by atoms with Crippen molar-refractivity contribution in [2.75, 3.05) is 5.32 Å². The van der Waals surface area contributed by atoms with Crippen LogP contribution in [0, 0.1) is 11.6 Å². The maximum atomic E-state index is 13.1. The largest absolute Gasteiger partial charge is 0.342 e. The summed E-state index contributed by atoms with van der Waals surface area (Å²) >= 11 is 3.32. The minimum Gasteiger partial charge on any atom is -0.342 e. The summed E-state index contributed by atoms with van der Waals surface area (Å²) in [5, 5.41) is 2.55. The van der Waals surface area contributed by atoms with Gasteiger partial charge in [-0.3, -0.25) is 4.79 Å². The van der Waals surface area contributed by atoms with Crippen LogP contribution in [0.5, 0.6) is 0 Å². The van der Waals surface area contributed by atoms with Crippen LogP contribution in [0.15, 0.2) is 34.9 Å². The molecule has 0 bridgehead atoms. The van der Waals surface area contributed by atoms with Crippen LogP contribution in [0.25, 0.3) is 0 Å².